The van der Waals surface area contributed by atoms with Crippen LogP contribution in [0, 0.1) is 12.0 Å². The predicted molar refractivity (Wildman–Crippen MR) is 314 cm³/mol. The van der Waals surface area contributed by atoms with Crippen molar-refractivity contribution in [3.63, 3.8) is 0 Å². The third-order valence-corrected chi connectivity index (χ3v) is 15.5. The average molecular weight is 1180 g/mol. The van der Waals surface area contributed by atoms with Gasteiger partial charge in [-0.3, -0.25) is 9.55 Å². The number of phenolic OH excluding ortho intramolecular Hbond substituents is 1. The molecule has 0 radical (unpaired) electrons. The molecule has 5 heteroatoms. The van der Waals surface area contributed by atoms with Gasteiger partial charge in [0.15, 0.2) is 0 Å². The van der Waals surface area contributed by atoms with Crippen LogP contribution in [0.3, 0.4) is 0 Å². The van der Waals surface area contributed by atoms with Crippen molar-refractivity contribution in [3.05, 3.63) is 228 Å². The smallest absolute Gasteiger partial charge is 0.148 e. The second-order valence-electron chi connectivity index (χ2n) is 23.2. The van der Waals surface area contributed by atoms with Gasteiger partial charge in [-0.1, -0.05) is 232 Å². The maximum Gasteiger partial charge on any atom is 0.148 e. The number of hydrogen-bond acceptors (Lipinski definition) is 3. The Hall–Kier alpha value is -7.13. The first-order valence-corrected chi connectivity index (χ1v) is 26.7. The summed E-state index contributed by atoms with van der Waals surface area (Å²) in [5.74, 6) is 0.668. The maximum atomic E-state index is 12.8. The summed E-state index contributed by atoms with van der Waals surface area (Å²) in [5.41, 5.74) is 16.9. The molecule has 0 bridgehead atoms. The molecule has 1 fully saturated rings. The van der Waals surface area contributed by atoms with E-state index in [1.807, 2.05) is 60.8 Å². The Morgan fingerprint density at radius 2 is 1.12 bits per heavy atom. The molecule has 8 aromatic carbocycles. The molecule has 0 unspecified atom stereocenters. The average Bonchev–Trinajstić information content (AvgIpc) is 4.25. The zero-order valence-electron chi connectivity index (χ0n) is 47.0. The monoisotopic (exact) mass is 1180 g/mol. The van der Waals surface area contributed by atoms with Gasteiger partial charge in [0.1, 0.15) is 11.6 Å². The molecule has 11 rings (SSSR count). The molecule has 76 heavy (non-hydrogen) atoms. The molecule has 1 aliphatic carbocycles. The van der Waals surface area contributed by atoms with E-state index >= 15 is 0 Å². The summed E-state index contributed by atoms with van der Waals surface area (Å²) in [6.45, 7) is 17.9. The van der Waals surface area contributed by atoms with E-state index in [9.17, 15) is 7.85 Å². The number of hydrogen-bond donors (Lipinski definition) is 1. The molecule has 1 saturated carbocycles. The van der Waals surface area contributed by atoms with Gasteiger partial charge in [0.25, 0.3) is 0 Å². The van der Waals surface area contributed by atoms with Crippen molar-refractivity contribution in [3.8, 4) is 78.6 Å². The fraction of sp³-hybridized carbons (Fsp3) is 0.239. The van der Waals surface area contributed by atoms with Crippen LogP contribution in [-0.4, -0.2) is 19.6 Å². The van der Waals surface area contributed by atoms with Gasteiger partial charge in [-0.2, -0.15) is 0 Å². The minimum Gasteiger partial charge on any atom is -0.507 e. The number of aromatic hydroxyl groups is 1. The van der Waals surface area contributed by atoms with Gasteiger partial charge in [0.05, 0.1) is 22.3 Å². The van der Waals surface area contributed by atoms with Crippen LogP contribution in [-0.2, 0) is 43.7 Å². The van der Waals surface area contributed by atoms with Crippen molar-refractivity contribution in [2.75, 3.05) is 0 Å². The van der Waals surface area contributed by atoms with E-state index in [4.69, 9.17) is 9.97 Å². The normalized spacial score (nSPS) is 13.8. The fourth-order valence-electron chi connectivity index (χ4n) is 10.9. The Labute approximate surface area is 468 Å². The fourth-order valence-corrected chi connectivity index (χ4v) is 10.9. The number of benzene rings is 8. The van der Waals surface area contributed by atoms with Gasteiger partial charge >= 0.3 is 0 Å². The van der Waals surface area contributed by atoms with E-state index in [0.717, 1.165) is 109 Å². The van der Waals surface area contributed by atoms with Gasteiger partial charge in [0.2, 0.25) is 0 Å². The number of aromatic nitrogens is 3. The number of imidazole rings is 1. The summed E-state index contributed by atoms with van der Waals surface area (Å²) in [5, 5.41) is 12.8. The van der Waals surface area contributed by atoms with Gasteiger partial charge in [0, 0.05) is 52.2 Å². The van der Waals surface area contributed by atoms with Gasteiger partial charge in [-0.15, -0.1) is 29.3 Å². The zero-order chi connectivity index (χ0) is 53.9. The van der Waals surface area contributed by atoms with Gasteiger partial charge < -0.3 is 5.11 Å². The number of para-hydroxylation sites is 1. The van der Waals surface area contributed by atoms with Crippen molar-refractivity contribution in [1.29, 1.82) is 0 Å². The van der Waals surface area contributed by atoms with E-state index in [0.29, 0.717) is 17.0 Å². The van der Waals surface area contributed by atoms with Crippen LogP contribution < -0.4 is 0 Å². The third-order valence-electron chi connectivity index (χ3n) is 15.5. The first kappa shape index (κ1) is 49.7. The van der Waals surface area contributed by atoms with Crippen molar-refractivity contribution >= 4 is 11.0 Å². The molecular formula is C71H68N3OPt-. The SMILES string of the molecule is [2H]C([2H])(c1ccc(-n2c(-c3cc(C(C)(C)C)cc(-c4ccccc4)c3O)nc3c(-c4[c-]c(-c5cc(-c6cccc(C(C)(C)c7ccccc7)c6)ccn5)cc(C(C)(C)C)c4)cccc32)c(-c2ccccc2)c1)C1CCCC1.[Pt]. The van der Waals surface area contributed by atoms with Crippen molar-refractivity contribution in [1.82, 2.24) is 14.5 Å². The Kier molecular flexibility index (Phi) is 13.8. The van der Waals surface area contributed by atoms with Crippen LogP contribution in [0.2, 0.25) is 0 Å². The second-order valence-corrected chi connectivity index (χ2v) is 23.2. The molecule has 0 amide bonds. The molecule has 2 aromatic heterocycles. The van der Waals surface area contributed by atoms with Crippen molar-refractivity contribution < 1.29 is 28.9 Å². The van der Waals surface area contributed by atoms with Crippen LogP contribution in [0.25, 0.3) is 83.9 Å². The number of phenols is 1. The van der Waals surface area contributed by atoms with E-state index in [1.165, 1.54) is 11.1 Å². The number of nitrogens with zero attached hydrogens (tertiary/aromatic N) is 3. The molecule has 384 valence electrons. The summed E-state index contributed by atoms with van der Waals surface area (Å²) in [4.78, 5) is 10.7. The van der Waals surface area contributed by atoms with E-state index in [1.54, 1.807) is 0 Å². The Morgan fingerprint density at radius 3 is 1.80 bits per heavy atom. The van der Waals surface area contributed by atoms with E-state index in [-0.39, 0.29) is 49.0 Å². The van der Waals surface area contributed by atoms with Crippen LogP contribution >= 0.6 is 0 Å². The van der Waals surface area contributed by atoms with Gasteiger partial charge in [-0.05, 0) is 104 Å². The molecular weight excluding hydrogens is 1110 g/mol. The van der Waals surface area contributed by atoms with E-state index < -0.39 is 6.37 Å². The second kappa shape index (κ2) is 21.1. The summed E-state index contributed by atoms with van der Waals surface area (Å²) >= 11 is 0. The standard InChI is InChI=1S/C71H68N3O.Pt/c1-69(2,3)57-42-53(40-54(43-57)63-44-52(36-37-72-63)51-28-20-31-56(41-51)71(7,8)55-29-16-11-17-30-55)59-32-21-33-65-66(59)73-68(62-46-58(70(4,5)6)45-61(67(62)75)50-26-14-10-15-27-50)74(65)64-35-34-48(38-47-22-18-19-23-47)39-60(64)49-24-12-9-13-25-49;/h9-17,20-21,24-37,39,41-47,75H,18-19,22-23,38H2,1-8H3;/q-1;/i38D2;. The number of rotatable bonds is 11. The molecule has 0 atom stereocenters. The van der Waals surface area contributed by atoms with Crippen molar-refractivity contribution in [2.24, 2.45) is 5.92 Å². The molecule has 1 N–H and O–H groups in total. The predicted octanol–water partition coefficient (Wildman–Crippen LogP) is 18.6. The molecule has 10 aromatic rings. The van der Waals surface area contributed by atoms with Gasteiger partial charge in [-0.25, -0.2) is 4.98 Å². The van der Waals surface area contributed by atoms with Crippen LogP contribution in [0.1, 0.15) is 112 Å². The number of fused-ring (bicyclic) bond motifs is 1. The summed E-state index contributed by atoms with van der Waals surface area (Å²) in [7, 11) is 0. The van der Waals surface area contributed by atoms with Crippen molar-refractivity contribution in [2.45, 2.75) is 104 Å². The molecule has 4 nitrogen and oxygen atoms in total. The molecule has 0 spiro atoms. The Bertz CT molecular complexity index is 3790. The first-order chi connectivity index (χ1) is 36.9. The molecule has 1 aliphatic rings. The summed E-state index contributed by atoms with van der Waals surface area (Å²) < 4.78 is 21.4. The Morgan fingerprint density at radius 1 is 0.539 bits per heavy atom. The summed E-state index contributed by atoms with van der Waals surface area (Å²) in [6, 6.07) is 69.3. The van der Waals surface area contributed by atoms with E-state index in [2.05, 4.69) is 199 Å². The molecule has 0 saturated heterocycles. The maximum absolute atomic E-state index is 12.8. The number of pyridine rings is 1. The van der Waals surface area contributed by atoms with Crippen LogP contribution in [0.5, 0.6) is 5.75 Å². The molecule has 0 aliphatic heterocycles. The third kappa shape index (κ3) is 10.4. The summed E-state index contributed by atoms with van der Waals surface area (Å²) in [6.07, 6.45) is 4.23. The molecule has 2 heterocycles. The van der Waals surface area contributed by atoms with Crippen LogP contribution in [0.4, 0.5) is 0 Å². The quantitative estimate of drug-likeness (QED) is 0.131. The topological polar surface area (TPSA) is 50.9 Å². The first-order valence-electron chi connectivity index (χ1n) is 27.7. The minimum absolute atomic E-state index is 0. The van der Waals surface area contributed by atoms with Crippen LogP contribution in [0.15, 0.2) is 194 Å². The largest absolute Gasteiger partial charge is 0.507 e. The Balaban J connectivity index is 0.00000688. The zero-order valence-corrected chi connectivity index (χ0v) is 47.3. The minimum atomic E-state index is -1.52.